The molecular formula is C18H21NO2. The summed E-state index contributed by atoms with van der Waals surface area (Å²) >= 11 is 0. The second-order valence-electron chi connectivity index (χ2n) is 5.23. The van der Waals surface area contributed by atoms with E-state index in [1.54, 1.807) is 36.3 Å². The Balaban J connectivity index is 2.15. The molecule has 0 bridgehead atoms. The lowest BCUT2D eigenvalue weighted by Crippen LogP contribution is -2.29. The maximum atomic E-state index is 12.5. The molecule has 0 heterocycles. The molecule has 0 aliphatic rings. The van der Waals surface area contributed by atoms with Gasteiger partial charge in [-0.2, -0.15) is 0 Å². The standard InChI is InChI=1S/C18H21NO2/c1-13-5-7-15(8-6-13)14(2)19(3)18(20)16-9-11-17(21-4)12-10-16/h5-12,14H,1-4H3. The Labute approximate surface area is 126 Å². The number of ether oxygens (including phenoxy) is 1. The minimum atomic E-state index is 0.00530. The first-order valence-corrected chi connectivity index (χ1v) is 7.00. The number of nitrogens with zero attached hydrogens (tertiary/aromatic N) is 1. The average Bonchev–Trinajstić information content (AvgIpc) is 2.53. The van der Waals surface area contributed by atoms with E-state index in [0.717, 1.165) is 11.3 Å². The molecule has 0 aliphatic carbocycles. The van der Waals surface area contributed by atoms with Gasteiger partial charge in [0, 0.05) is 12.6 Å². The molecule has 2 aromatic carbocycles. The Morgan fingerprint density at radius 1 is 1.05 bits per heavy atom. The molecule has 21 heavy (non-hydrogen) atoms. The van der Waals surface area contributed by atoms with Crippen molar-refractivity contribution in [2.45, 2.75) is 19.9 Å². The largest absolute Gasteiger partial charge is 0.497 e. The molecule has 0 aromatic heterocycles. The molecule has 0 fully saturated rings. The lowest BCUT2D eigenvalue weighted by Gasteiger charge is -2.25. The van der Waals surface area contributed by atoms with Crippen molar-refractivity contribution in [2.75, 3.05) is 14.2 Å². The molecule has 1 amide bonds. The van der Waals surface area contributed by atoms with Gasteiger partial charge in [0.05, 0.1) is 13.2 Å². The van der Waals surface area contributed by atoms with E-state index in [9.17, 15) is 4.79 Å². The molecule has 3 heteroatoms. The van der Waals surface area contributed by atoms with Gasteiger partial charge in [-0.1, -0.05) is 29.8 Å². The van der Waals surface area contributed by atoms with Crippen LogP contribution in [0.25, 0.3) is 0 Å². The molecule has 2 aromatic rings. The molecule has 0 N–H and O–H groups in total. The van der Waals surface area contributed by atoms with Crippen LogP contribution in [-0.2, 0) is 0 Å². The fourth-order valence-electron chi connectivity index (χ4n) is 2.18. The zero-order chi connectivity index (χ0) is 15.4. The van der Waals surface area contributed by atoms with Gasteiger partial charge < -0.3 is 9.64 Å². The van der Waals surface area contributed by atoms with E-state index in [2.05, 4.69) is 31.2 Å². The van der Waals surface area contributed by atoms with E-state index in [-0.39, 0.29) is 11.9 Å². The monoisotopic (exact) mass is 283 g/mol. The van der Waals surface area contributed by atoms with E-state index in [4.69, 9.17) is 4.74 Å². The fourth-order valence-corrected chi connectivity index (χ4v) is 2.18. The van der Waals surface area contributed by atoms with Crippen LogP contribution in [-0.4, -0.2) is 25.0 Å². The highest BCUT2D eigenvalue weighted by atomic mass is 16.5. The van der Waals surface area contributed by atoms with E-state index >= 15 is 0 Å². The van der Waals surface area contributed by atoms with Gasteiger partial charge in [0.25, 0.3) is 5.91 Å². The number of hydrogen-bond donors (Lipinski definition) is 0. The molecule has 0 saturated heterocycles. The van der Waals surface area contributed by atoms with Crippen LogP contribution < -0.4 is 4.74 Å². The third kappa shape index (κ3) is 3.43. The SMILES string of the molecule is COc1ccc(C(=O)N(C)C(C)c2ccc(C)cc2)cc1. The molecule has 0 spiro atoms. The molecule has 0 radical (unpaired) electrons. The normalized spacial score (nSPS) is 11.8. The fraction of sp³-hybridized carbons (Fsp3) is 0.278. The van der Waals surface area contributed by atoms with Crippen LogP contribution >= 0.6 is 0 Å². The first-order chi connectivity index (χ1) is 10.0. The number of carbonyl (C=O) groups excluding carboxylic acids is 1. The Hall–Kier alpha value is -2.29. The molecule has 110 valence electrons. The lowest BCUT2D eigenvalue weighted by atomic mass is 10.0. The quantitative estimate of drug-likeness (QED) is 0.853. The lowest BCUT2D eigenvalue weighted by molar-refractivity contribution is 0.0742. The summed E-state index contributed by atoms with van der Waals surface area (Å²) in [5.74, 6) is 0.756. The molecule has 1 unspecified atom stereocenters. The predicted octanol–water partition coefficient (Wildman–Crippen LogP) is 3.84. The van der Waals surface area contributed by atoms with Gasteiger partial charge in [0.2, 0.25) is 0 Å². The highest BCUT2D eigenvalue weighted by molar-refractivity contribution is 5.94. The van der Waals surface area contributed by atoms with Gasteiger partial charge in [0.1, 0.15) is 5.75 Å². The van der Waals surface area contributed by atoms with Gasteiger partial charge in [0.15, 0.2) is 0 Å². The van der Waals surface area contributed by atoms with Crippen molar-refractivity contribution in [3.8, 4) is 5.75 Å². The Morgan fingerprint density at radius 3 is 2.14 bits per heavy atom. The van der Waals surface area contributed by atoms with Gasteiger partial charge in [-0.3, -0.25) is 4.79 Å². The van der Waals surface area contributed by atoms with Crippen LogP contribution in [0.1, 0.15) is 34.5 Å². The summed E-state index contributed by atoms with van der Waals surface area (Å²) in [6.07, 6.45) is 0. The van der Waals surface area contributed by atoms with Crippen LogP contribution in [0, 0.1) is 6.92 Å². The van der Waals surface area contributed by atoms with E-state index < -0.39 is 0 Å². The van der Waals surface area contributed by atoms with Crippen LogP contribution in [0.3, 0.4) is 0 Å². The van der Waals surface area contributed by atoms with Crippen molar-refractivity contribution in [3.63, 3.8) is 0 Å². The van der Waals surface area contributed by atoms with Gasteiger partial charge >= 0.3 is 0 Å². The summed E-state index contributed by atoms with van der Waals surface area (Å²) in [6, 6.07) is 15.5. The second kappa shape index (κ2) is 6.44. The van der Waals surface area contributed by atoms with Gasteiger partial charge in [-0.25, -0.2) is 0 Å². The van der Waals surface area contributed by atoms with Crippen molar-refractivity contribution in [1.82, 2.24) is 4.90 Å². The first kappa shape index (κ1) is 15.1. The van der Waals surface area contributed by atoms with Gasteiger partial charge in [-0.05, 0) is 43.7 Å². The van der Waals surface area contributed by atoms with Crippen LogP contribution in [0.5, 0.6) is 5.75 Å². The molecule has 2 rings (SSSR count). The maximum Gasteiger partial charge on any atom is 0.254 e. The van der Waals surface area contributed by atoms with E-state index in [0.29, 0.717) is 5.56 Å². The summed E-state index contributed by atoms with van der Waals surface area (Å²) in [5.41, 5.74) is 3.01. The number of hydrogen-bond acceptors (Lipinski definition) is 2. The number of aryl methyl sites for hydroxylation is 1. The molecule has 0 aliphatic heterocycles. The van der Waals surface area contributed by atoms with Crippen molar-refractivity contribution in [1.29, 1.82) is 0 Å². The van der Waals surface area contributed by atoms with E-state index in [1.165, 1.54) is 5.56 Å². The maximum absolute atomic E-state index is 12.5. The van der Waals surface area contributed by atoms with Gasteiger partial charge in [-0.15, -0.1) is 0 Å². The number of amides is 1. The minimum Gasteiger partial charge on any atom is -0.497 e. The first-order valence-electron chi connectivity index (χ1n) is 7.00. The summed E-state index contributed by atoms with van der Waals surface area (Å²) in [5, 5.41) is 0. The smallest absolute Gasteiger partial charge is 0.254 e. The Kier molecular flexibility index (Phi) is 4.63. The number of rotatable bonds is 4. The topological polar surface area (TPSA) is 29.5 Å². The van der Waals surface area contributed by atoms with Crippen LogP contribution in [0.4, 0.5) is 0 Å². The van der Waals surface area contributed by atoms with Crippen molar-refractivity contribution in [2.24, 2.45) is 0 Å². The molecule has 0 saturated carbocycles. The highest BCUT2D eigenvalue weighted by Gasteiger charge is 2.18. The average molecular weight is 283 g/mol. The summed E-state index contributed by atoms with van der Waals surface area (Å²) in [6.45, 7) is 4.09. The second-order valence-corrected chi connectivity index (χ2v) is 5.23. The third-order valence-electron chi connectivity index (χ3n) is 3.80. The minimum absolute atomic E-state index is 0.00530. The summed E-state index contributed by atoms with van der Waals surface area (Å²) in [7, 11) is 3.44. The zero-order valence-corrected chi connectivity index (χ0v) is 13.0. The van der Waals surface area contributed by atoms with E-state index in [1.807, 2.05) is 14.0 Å². The number of methoxy groups -OCH3 is 1. The van der Waals surface area contributed by atoms with Crippen LogP contribution in [0.15, 0.2) is 48.5 Å². The number of carbonyl (C=O) groups is 1. The highest BCUT2D eigenvalue weighted by Crippen LogP contribution is 2.22. The van der Waals surface area contributed by atoms with Crippen molar-refractivity contribution in [3.05, 3.63) is 65.2 Å². The number of benzene rings is 2. The van der Waals surface area contributed by atoms with Crippen LogP contribution in [0.2, 0.25) is 0 Å². The molecule has 3 nitrogen and oxygen atoms in total. The Morgan fingerprint density at radius 2 is 1.62 bits per heavy atom. The third-order valence-corrected chi connectivity index (χ3v) is 3.80. The van der Waals surface area contributed by atoms with Crippen molar-refractivity contribution < 1.29 is 9.53 Å². The molecular weight excluding hydrogens is 262 g/mol. The Bertz CT molecular complexity index is 602. The predicted molar refractivity (Wildman–Crippen MR) is 84.7 cm³/mol. The molecule has 1 atom stereocenters. The van der Waals surface area contributed by atoms with Crippen molar-refractivity contribution >= 4 is 5.91 Å². The summed E-state index contributed by atoms with van der Waals surface area (Å²) in [4.78, 5) is 14.3. The summed E-state index contributed by atoms with van der Waals surface area (Å²) < 4.78 is 5.11. The zero-order valence-electron chi connectivity index (χ0n) is 13.0.